The van der Waals surface area contributed by atoms with Gasteiger partial charge >= 0.3 is 0 Å². The highest BCUT2D eigenvalue weighted by atomic mass is 32.2. The van der Waals surface area contributed by atoms with Gasteiger partial charge in [-0.15, -0.1) is 11.8 Å². The van der Waals surface area contributed by atoms with E-state index >= 15 is 0 Å². The summed E-state index contributed by atoms with van der Waals surface area (Å²) in [6, 6.07) is 0. The van der Waals surface area contributed by atoms with E-state index in [-0.39, 0.29) is 0 Å². The van der Waals surface area contributed by atoms with Crippen molar-refractivity contribution in [3.8, 4) is 0 Å². The van der Waals surface area contributed by atoms with Gasteiger partial charge in [0.05, 0.1) is 5.03 Å². The highest BCUT2D eigenvalue weighted by Crippen LogP contribution is 2.13. The predicted molar refractivity (Wildman–Crippen MR) is 29.6 cm³/mol. The molecule has 1 N–H and O–H groups in total. The molecule has 0 aliphatic carbocycles. The highest BCUT2D eigenvalue weighted by molar-refractivity contribution is 8.03. The number of nitrogens with one attached hydrogen (secondary N) is 1. The molecule has 1 nitrogen and oxygen atoms in total. The lowest BCUT2D eigenvalue weighted by atomic mass is 10.7. The fraction of sp³-hybridized carbons (Fsp3) is 0.500. The number of hydrogen-bond acceptors (Lipinski definition) is 2. The molecule has 0 bridgehead atoms. The summed E-state index contributed by atoms with van der Waals surface area (Å²) in [5.41, 5.74) is 0. The average molecular weight is 101 g/mol. The number of rotatable bonds is 0. The van der Waals surface area contributed by atoms with Crippen LogP contribution >= 0.6 is 11.8 Å². The van der Waals surface area contributed by atoms with Gasteiger partial charge in [-0.1, -0.05) is 6.58 Å². The first kappa shape index (κ1) is 4.06. The van der Waals surface area contributed by atoms with Crippen LogP contribution < -0.4 is 5.32 Å². The standard InChI is InChI=1S/C4H7NS/c1-4-5-2-3-6-4/h5H,1-3H2. The third-order valence-electron chi connectivity index (χ3n) is 0.701. The second-order valence-electron chi connectivity index (χ2n) is 1.20. The van der Waals surface area contributed by atoms with Gasteiger partial charge in [0.15, 0.2) is 0 Å². The Labute approximate surface area is 41.8 Å². The molecule has 0 aromatic heterocycles. The molecule has 2 heteroatoms. The van der Waals surface area contributed by atoms with Crippen LogP contribution in [0.1, 0.15) is 0 Å². The maximum absolute atomic E-state index is 3.71. The monoisotopic (exact) mass is 101 g/mol. The molecule has 1 fully saturated rings. The summed E-state index contributed by atoms with van der Waals surface area (Å²) in [5.74, 6) is 1.19. The molecule has 34 valence electrons. The van der Waals surface area contributed by atoms with Crippen LogP contribution in [0, 0.1) is 0 Å². The Kier molecular flexibility index (Phi) is 1.05. The summed E-state index contributed by atoms with van der Waals surface area (Å²) in [6.45, 7) is 4.81. The van der Waals surface area contributed by atoms with Gasteiger partial charge in [0, 0.05) is 12.3 Å². The van der Waals surface area contributed by atoms with Crippen LogP contribution in [-0.2, 0) is 0 Å². The van der Waals surface area contributed by atoms with E-state index in [0.29, 0.717) is 0 Å². The summed E-state index contributed by atoms with van der Waals surface area (Å²) < 4.78 is 0. The van der Waals surface area contributed by atoms with E-state index in [0.717, 1.165) is 11.6 Å². The summed E-state index contributed by atoms with van der Waals surface area (Å²) in [4.78, 5) is 0. The summed E-state index contributed by atoms with van der Waals surface area (Å²) >= 11 is 1.79. The van der Waals surface area contributed by atoms with Gasteiger partial charge < -0.3 is 5.32 Å². The van der Waals surface area contributed by atoms with Crippen LogP contribution in [0.3, 0.4) is 0 Å². The van der Waals surface area contributed by atoms with Crippen molar-refractivity contribution in [2.24, 2.45) is 0 Å². The van der Waals surface area contributed by atoms with Gasteiger partial charge in [0.1, 0.15) is 0 Å². The molecule has 0 aromatic carbocycles. The van der Waals surface area contributed by atoms with Crippen LogP contribution in [0.5, 0.6) is 0 Å². The van der Waals surface area contributed by atoms with Gasteiger partial charge in [0.25, 0.3) is 0 Å². The molecule has 0 aromatic rings. The smallest absolute Gasteiger partial charge is 0.0609 e. The normalized spacial score (nSPS) is 21.0. The van der Waals surface area contributed by atoms with Gasteiger partial charge in [-0.2, -0.15) is 0 Å². The molecule has 0 amide bonds. The lowest BCUT2D eigenvalue weighted by molar-refractivity contribution is 0.950. The maximum Gasteiger partial charge on any atom is 0.0609 e. The zero-order valence-electron chi connectivity index (χ0n) is 3.53. The van der Waals surface area contributed by atoms with Crippen LogP contribution in [-0.4, -0.2) is 12.3 Å². The molecule has 6 heavy (non-hydrogen) atoms. The molecule has 1 heterocycles. The van der Waals surface area contributed by atoms with E-state index < -0.39 is 0 Å². The Balaban J connectivity index is 2.37. The predicted octanol–water partition coefficient (Wildman–Crippen LogP) is 0.794. The van der Waals surface area contributed by atoms with Gasteiger partial charge in [0.2, 0.25) is 0 Å². The molecule has 1 aliphatic rings. The highest BCUT2D eigenvalue weighted by Gasteiger charge is 1.99. The van der Waals surface area contributed by atoms with Gasteiger partial charge in [-0.05, 0) is 0 Å². The fourth-order valence-corrected chi connectivity index (χ4v) is 1.07. The first-order valence-corrected chi connectivity index (χ1v) is 2.94. The van der Waals surface area contributed by atoms with E-state index in [4.69, 9.17) is 0 Å². The van der Waals surface area contributed by atoms with Crippen molar-refractivity contribution >= 4 is 11.8 Å². The second-order valence-corrected chi connectivity index (χ2v) is 2.39. The Bertz CT molecular complexity index is 61.9. The van der Waals surface area contributed by atoms with Crippen molar-refractivity contribution in [3.63, 3.8) is 0 Å². The molecule has 0 unspecified atom stereocenters. The van der Waals surface area contributed by atoms with E-state index in [1.165, 1.54) is 5.75 Å². The molecule has 0 atom stereocenters. The Hall–Kier alpha value is -0.110. The molecular formula is C4H7NS. The molecule has 1 rings (SSSR count). The van der Waals surface area contributed by atoms with Crippen LogP contribution in [0.4, 0.5) is 0 Å². The van der Waals surface area contributed by atoms with Crippen LogP contribution in [0.25, 0.3) is 0 Å². The van der Waals surface area contributed by atoms with Crippen LogP contribution in [0.15, 0.2) is 11.6 Å². The number of hydrogen-bond donors (Lipinski definition) is 1. The topological polar surface area (TPSA) is 12.0 Å². The molecule has 1 aliphatic heterocycles. The quantitative estimate of drug-likeness (QED) is 0.484. The molecule has 1 saturated heterocycles. The Morgan fingerprint density at radius 1 is 1.83 bits per heavy atom. The lowest BCUT2D eigenvalue weighted by Gasteiger charge is -1.85. The molecule has 0 radical (unpaired) electrons. The molecule has 0 spiro atoms. The van der Waals surface area contributed by atoms with Crippen molar-refractivity contribution in [2.75, 3.05) is 12.3 Å². The lowest BCUT2D eigenvalue weighted by Crippen LogP contribution is -2.02. The molecule has 0 saturated carbocycles. The van der Waals surface area contributed by atoms with E-state index in [9.17, 15) is 0 Å². The third-order valence-corrected chi connectivity index (χ3v) is 1.60. The van der Waals surface area contributed by atoms with Crippen molar-refractivity contribution in [1.82, 2.24) is 5.32 Å². The first-order valence-electron chi connectivity index (χ1n) is 1.95. The average Bonchev–Trinajstić information content (AvgIpc) is 1.86. The van der Waals surface area contributed by atoms with Gasteiger partial charge in [-0.25, -0.2) is 0 Å². The first-order chi connectivity index (χ1) is 2.89. The third kappa shape index (κ3) is 0.684. The maximum atomic E-state index is 3.71. The minimum absolute atomic E-state index is 1.10. The molecular weight excluding hydrogens is 94.1 g/mol. The summed E-state index contributed by atoms with van der Waals surface area (Å²) in [6.07, 6.45) is 0. The summed E-state index contributed by atoms with van der Waals surface area (Å²) in [7, 11) is 0. The minimum Gasteiger partial charge on any atom is -0.380 e. The van der Waals surface area contributed by atoms with Crippen molar-refractivity contribution < 1.29 is 0 Å². The zero-order valence-corrected chi connectivity index (χ0v) is 4.35. The van der Waals surface area contributed by atoms with Crippen molar-refractivity contribution in [1.29, 1.82) is 0 Å². The minimum atomic E-state index is 1.10. The SMILES string of the molecule is C=C1NCCS1. The Morgan fingerprint density at radius 3 is 2.83 bits per heavy atom. The largest absolute Gasteiger partial charge is 0.380 e. The van der Waals surface area contributed by atoms with Crippen LogP contribution in [0.2, 0.25) is 0 Å². The Morgan fingerprint density at radius 2 is 2.67 bits per heavy atom. The summed E-state index contributed by atoms with van der Waals surface area (Å²) in [5, 5.41) is 4.21. The van der Waals surface area contributed by atoms with Crippen molar-refractivity contribution in [3.05, 3.63) is 11.6 Å². The van der Waals surface area contributed by atoms with E-state index in [2.05, 4.69) is 11.9 Å². The zero-order chi connectivity index (χ0) is 4.41. The number of thioether (sulfide) groups is 1. The fourth-order valence-electron chi connectivity index (χ4n) is 0.416. The second kappa shape index (κ2) is 1.56. The van der Waals surface area contributed by atoms with E-state index in [1.807, 2.05) is 0 Å². The van der Waals surface area contributed by atoms with Gasteiger partial charge in [-0.3, -0.25) is 0 Å². The van der Waals surface area contributed by atoms with Crippen molar-refractivity contribution in [2.45, 2.75) is 0 Å². The van der Waals surface area contributed by atoms with E-state index in [1.54, 1.807) is 11.8 Å².